The molecule has 0 spiro atoms. The van der Waals surface area contributed by atoms with Crippen LogP contribution in [0.2, 0.25) is 0 Å². The molecule has 2 saturated heterocycles. The van der Waals surface area contributed by atoms with E-state index in [1.807, 2.05) is 0 Å². The van der Waals surface area contributed by atoms with Crippen molar-refractivity contribution in [2.24, 2.45) is 5.92 Å². The van der Waals surface area contributed by atoms with Crippen molar-refractivity contribution in [2.45, 2.75) is 19.4 Å². The normalized spacial score (nSPS) is 36.9. The minimum Gasteiger partial charge on any atom is -0.314 e. The van der Waals surface area contributed by atoms with Gasteiger partial charge in [-0.15, -0.1) is 0 Å². The fraction of sp³-hybridized carbons (Fsp3) is 1.00. The van der Waals surface area contributed by atoms with Gasteiger partial charge in [-0.3, -0.25) is 0 Å². The van der Waals surface area contributed by atoms with Crippen molar-refractivity contribution in [2.75, 3.05) is 37.7 Å². The summed E-state index contributed by atoms with van der Waals surface area (Å²) in [7, 11) is -2.72. The second-order valence-electron chi connectivity index (χ2n) is 4.74. The predicted molar refractivity (Wildman–Crippen MR) is 60.7 cm³/mol. The zero-order chi connectivity index (χ0) is 10.9. The number of hydrogen-bond acceptors (Lipinski definition) is 4. The van der Waals surface area contributed by atoms with E-state index in [4.69, 9.17) is 0 Å². The molecule has 2 aliphatic heterocycles. The Morgan fingerprint density at radius 3 is 2.53 bits per heavy atom. The highest BCUT2D eigenvalue weighted by atomic mass is 32.2. The number of sulfone groups is 1. The number of rotatable bonds is 2. The first-order chi connectivity index (χ1) is 7.07. The van der Waals surface area contributed by atoms with Gasteiger partial charge in [0.1, 0.15) is 0 Å². The Hall–Kier alpha value is -0.130. The SMILES string of the molecule is CC1NCCC1CN1CCS(=O)(=O)CC1. The third kappa shape index (κ3) is 2.92. The molecule has 2 heterocycles. The molecule has 1 N–H and O–H groups in total. The van der Waals surface area contributed by atoms with E-state index < -0.39 is 9.84 Å². The first-order valence-corrected chi connectivity index (χ1v) is 7.55. The van der Waals surface area contributed by atoms with Crippen molar-refractivity contribution in [3.63, 3.8) is 0 Å². The van der Waals surface area contributed by atoms with Gasteiger partial charge >= 0.3 is 0 Å². The van der Waals surface area contributed by atoms with Gasteiger partial charge in [0.05, 0.1) is 11.5 Å². The summed E-state index contributed by atoms with van der Waals surface area (Å²) in [6.07, 6.45) is 1.23. The van der Waals surface area contributed by atoms with Crippen molar-refractivity contribution in [1.82, 2.24) is 10.2 Å². The molecule has 4 nitrogen and oxygen atoms in total. The van der Waals surface area contributed by atoms with E-state index in [0.717, 1.165) is 26.2 Å². The molecule has 0 aromatic rings. The van der Waals surface area contributed by atoms with Crippen LogP contribution in [0, 0.1) is 5.92 Å². The Bertz CT molecular complexity index is 301. The smallest absolute Gasteiger partial charge is 0.152 e. The summed E-state index contributed by atoms with van der Waals surface area (Å²) >= 11 is 0. The van der Waals surface area contributed by atoms with E-state index >= 15 is 0 Å². The number of nitrogens with zero attached hydrogens (tertiary/aromatic N) is 1. The lowest BCUT2D eigenvalue weighted by Crippen LogP contribution is -2.44. The molecule has 0 amide bonds. The monoisotopic (exact) mass is 232 g/mol. The molecular weight excluding hydrogens is 212 g/mol. The van der Waals surface area contributed by atoms with Gasteiger partial charge in [0.15, 0.2) is 9.84 Å². The molecule has 2 fully saturated rings. The van der Waals surface area contributed by atoms with Gasteiger partial charge in [0, 0.05) is 25.7 Å². The molecule has 0 aliphatic carbocycles. The number of nitrogens with one attached hydrogen (secondary N) is 1. The molecule has 2 aliphatic rings. The maximum absolute atomic E-state index is 11.3. The average molecular weight is 232 g/mol. The van der Waals surface area contributed by atoms with E-state index in [-0.39, 0.29) is 0 Å². The molecule has 0 aromatic heterocycles. The summed E-state index contributed by atoms with van der Waals surface area (Å²) in [5.41, 5.74) is 0. The maximum Gasteiger partial charge on any atom is 0.152 e. The summed E-state index contributed by atoms with van der Waals surface area (Å²) in [6.45, 7) is 5.84. The average Bonchev–Trinajstić information content (AvgIpc) is 2.56. The van der Waals surface area contributed by atoms with Crippen LogP contribution >= 0.6 is 0 Å². The van der Waals surface area contributed by atoms with Crippen molar-refractivity contribution in [3.05, 3.63) is 0 Å². The van der Waals surface area contributed by atoms with Crippen molar-refractivity contribution in [1.29, 1.82) is 0 Å². The van der Waals surface area contributed by atoms with E-state index in [1.165, 1.54) is 6.42 Å². The van der Waals surface area contributed by atoms with Crippen molar-refractivity contribution >= 4 is 9.84 Å². The molecule has 0 saturated carbocycles. The van der Waals surface area contributed by atoms with E-state index in [9.17, 15) is 8.42 Å². The highest BCUT2D eigenvalue weighted by molar-refractivity contribution is 7.91. The topological polar surface area (TPSA) is 49.4 Å². The maximum atomic E-state index is 11.3. The zero-order valence-electron chi connectivity index (χ0n) is 9.28. The molecule has 2 rings (SSSR count). The second-order valence-corrected chi connectivity index (χ2v) is 7.05. The van der Waals surface area contributed by atoms with E-state index in [2.05, 4.69) is 17.1 Å². The first-order valence-electron chi connectivity index (χ1n) is 5.73. The van der Waals surface area contributed by atoms with Crippen LogP contribution in [0.25, 0.3) is 0 Å². The standard InChI is InChI=1S/C10H20N2O2S/c1-9-10(2-3-11-9)8-12-4-6-15(13,14)7-5-12/h9-11H,2-8H2,1H3. The Morgan fingerprint density at radius 1 is 1.33 bits per heavy atom. The Labute approximate surface area is 91.9 Å². The van der Waals surface area contributed by atoms with Crippen LogP contribution in [0.5, 0.6) is 0 Å². The molecule has 5 heteroatoms. The van der Waals surface area contributed by atoms with Gasteiger partial charge in [-0.25, -0.2) is 8.42 Å². The fourth-order valence-corrected chi connectivity index (χ4v) is 3.70. The molecule has 0 bridgehead atoms. The zero-order valence-corrected chi connectivity index (χ0v) is 10.1. The third-order valence-corrected chi connectivity index (χ3v) is 5.23. The van der Waals surface area contributed by atoms with Crippen molar-refractivity contribution < 1.29 is 8.42 Å². The molecule has 0 aromatic carbocycles. The second kappa shape index (κ2) is 4.39. The number of hydrogen-bond donors (Lipinski definition) is 1. The lowest BCUT2D eigenvalue weighted by Gasteiger charge is -2.30. The summed E-state index contributed by atoms with van der Waals surface area (Å²) in [5.74, 6) is 1.40. The summed E-state index contributed by atoms with van der Waals surface area (Å²) in [4.78, 5) is 2.30. The van der Waals surface area contributed by atoms with Gasteiger partial charge < -0.3 is 10.2 Å². The van der Waals surface area contributed by atoms with E-state index in [1.54, 1.807) is 0 Å². The largest absolute Gasteiger partial charge is 0.314 e. The van der Waals surface area contributed by atoms with E-state index in [0.29, 0.717) is 23.5 Å². The molecule has 2 unspecified atom stereocenters. The summed E-state index contributed by atoms with van der Waals surface area (Å²) in [5, 5.41) is 3.43. The third-order valence-electron chi connectivity index (χ3n) is 3.62. The lowest BCUT2D eigenvalue weighted by molar-refractivity contribution is 0.239. The minimum atomic E-state index is -2.72. The van der Waals surface area contributed by atoms with Crippen LogP contribution in [0.1, 0.15) is 13.3 Å². The summed E-state index contributed by atoms with van der Waals surface area (Å²) in [6, 6.07) is 0.587. The van der Waals surface area contributed by atoms with Crippen LogP contribution < -0.4 is 5.32 Å². The molecule has 15 heavy (non-hydrogen) atoms. The highest BCUT2D eigenvalue weighted by Crippen LogP contribution is 2.17. The van der Waals surface area contributed by atoms with Gasteiger partial charge in [0.25, 0.3) is 0 Å². The first kappa shape index (κ1) is 11.4. The van der Waals surface area contributed by atoms with Crippen LogP contribution in [0.4, 0.5) is 0 Å². The Kier molecular flexibility index (Phi) is 3.33. The Balaban J connectivity index is 1.81. The quantitative estimate of drug-likeness (QED) is 0.711. The van der Waals surface area contributed by atoms with Gasteiger partial charge in [-0.2, -0.15) is 0 Å². The van der Waals surface area contributed by atoms with Crippen LogP contribution in [-0.2, 0) is 9.84 Å². The van der Waals surface area contributed by atoms with Crippen molar-refractivity contribution in [3.8, 4) is 0 Å². The lowest BCUT2D eigenvalue weighted by atomic mass is 10.0. The van der Waals surface area contributed by atoms with Gasteiger partial charge in [0.2, 0.25) is 0 Å². The predicted octanol–water partition coefficient (Wildman–Crippen LogP) is -0.285. The van der Waals surface area contributed by atoms with Crippen LogP contribution in [0.15, 0.2) is 0 Å². The minimum absolute atomic E-state index is 0.349. The molecule has 0 radical (unpaired) electrons. The van der Waals surface area contributed by atoms with Gasteiger partial charge in [-0.05, 0) is 25.8 Å². The molecular formula is C10H20N2O2S. The highest BCUT2D eigenvalue weighted by Gasteiger charge is 2.28. The molecule has 2 atom stereocenters. The fourth-order valence-electron chi connectivity index (χ4n) is 2.43. The summed E-state index contributed by atoms with van der Waals surface area (Å²) < 4.78 is 22.5. The van der Waals surface area contributed by atoms with Crippen LogP contribution in [0.3, 0.4) is 0 Å². The van der Waals surface area contributed by atoms with Gasteiger partial charge in [-0.1, -0.05) is 0 Å². The van der Waals surface area contributed by atoms with Crippen LogP contribution in [-0.4, -0.2) is 57.0 Å². The Morgan fingerprint density at radius 2 is 2.00 bits per heavy atom. The molecule has 88 valence electrons.